The molecule has 0 aromatic heterocycles. The summed E-state index contributed by atoms with van der Waals surface area (Å²) in [5.41, 5.74) is 11.5. The van der Waals surface area contributed by atoms with Gasteiger partial charge in [0.1, 0.15) is 11.5 Å². The molecule has 0 atom stereocenters. The van der Waals surface area contributed by atoms with Gasteiger partial charge in [-0.05, 0) is 24.3 Å². The van der Waals surface area contributed by atoms with Crippen molar-refractivity contribution in [2.45, 2.75) is 0 Å². The number of nitrogens with two attached hydrogens (primary N) is 2. The van der Waals surface area contributed by atoms with Crippen LogP contribution in [0.2, 0.25) is 0 Å². The lowest BCUT2D eigenvalue weighted by Gasteiger charge is -2.15. The Morgan fingerprint density at radius 1 is 0.679 bits per heavy atom. The van der Waals surface area contributed by atoms with E-state index in [0.29, 0.717) is 22.9 Å². The second-order valence-electron chi connectivity index (χ2n) is 5.80. The van der Waals surface area contributed by atoms with Gasteiger partial charge >= 0.3 is 11.9 Å². The van der Waals surface area contributed by atoms with E-state index in [1.165, 1.54) is 12.1 Å². The topological polar surface area (TPSA) is 145 Å². The number of hydrogen-bond acceptors (Lipinski definition) is 6. The molecule has 142 valence electrons. The molecule has 0 spiro atoms. The number of nitrogen functional groups attached to an aromatic ring is 2. The van der Waals surface area contributed by atoms with Crippen molar-refractivity contribution in [1.29, 1.82) is 0 Å². The van der Waals surface area contributed by atoms with E-state index in [9.17, 15) is 19.8 Å². The zero-order chi connectivity index (χ0) is 20.3. The number of carboxylic acids is 2. The summed E-state index contributed by atoms with van der Waals surface area (Å²) >= 11 is 0. The van der Waals surface area contributed by atoms with Crippen LogP contribution < -0.4 is 20.9 Å². The van der Waals surface area contributed by atoms with E-state index in [1.54, 1.807) is 36.4 Å². The van der Waals surface area contributed by atoms with Crippen LogP contribution in [0.15, 0.2) is 60.7 Å². The van der Waals surface area contributed by atoms with E-state index in [0.717, 1.165) is 12.1 Å². The first-order valence-electron chi connectivity index (χ1n) is 8.05. The lowest BCUT2D eigenvalue weighted by Crippen LogP contribution is -2.09. The number of rotatable bonds is 6. The molecule has 3 aromatic carbocycles. The zero-order valence-electron chi connectivity index (χ0n) is 14.5. The van der Waals surface area contributed by atoms with Crippen LogP contribution in [0.3, 0.4) is 0 Å². The van der Waals surface area contributed by atoms with Gasteiger partial charge in [-0.3, -0.25) is 0 Å². The largest absolute Gasteiger partial charge is 0.478 e. The zero-order valence-corrected chi connectivity index (χ0v) is 14.5. The summed E-state index contributed by atoms with van der Waals surface area (Å²) in [5.74, 6) is -2.14. The molecule has 0 radical (unpaired) electrons. The van der Waals surface area contributed by atoms with Crippen LogP contribution in [0.5, 0.6) is 23.0 Å². The Hall–Kier alpha value is -4.20. The molecule has 3 aromatic rings. The van der Waals surface area contributed by atoms with Gasteiger partial charge in [0, 0.05) is 35.6 Å². The number of hydrogen-bond donors (Lipinski definition) is 4. The van der Waals surface area contributed by atoms with Crippen LogP contribution in [0.25, 0.3) is 0 Å². The van der Waals surface area contributed by atoms with Gasteiger partial charge in [-0.1, -0.05) is 12.1 Å². The molecule has 0 saturated heterocycles. The number of aromatic carboxylic acids is 2. The van der Waals surface area contributed by atoms with Crippen molar-refractivity contribution < 1.29 is 29.3 Å². The van der Waals surface area contributed by atoms with E-state index >= 15 is 0 Å². The second-order valence-corrected chi connectivity index (χ2v) is 5.80. The van der Waals surface area contributed by atoms with E-state index in [1.807, 2.05) is 0 Å². The van der Waals surface area contributed by atoms with E-state index in [4.69, 9.17) is 20.9 Å². The summed E-state index contributed by atoms with van der Waals surface area (Å²) in [6.45, 7) is 0. The lowest BCUT2D eigenvalue weighted by atomic mass is 10.1. The van der Waals surface area contributed by atoms with E-state index in [2.05, 4.69) is 0 Å². The third kappa shape index (κ3) is 4.13. The van der Waals surface area contributed by atoms with Gasteiger partial charge in [-0.25, -0.2) is 9.59 Å². The number of ether oxygens (including phenoxy) is 2. The summed E-state index contributed by atoms with van der Waals surface area (Å²) in [4.78, 5) is 23.0. The lowest BCUT2D eigenvalue weighted by molar-refractivity contribution is 0.0651. The maximum absolute atomic E-state index is 11.5. The fraction of sp³-hybridized carbons (Fsp3) is 0. The predicted molar refractivity (Wildman–Crippen MR) is 102 cm³/mol. The third-order valence-corrected chi connectivity index (χ3v) is 3.72. The Bertz CT molecular complexity index is 980. The highest BCUT2D eigenvalue weighted by Crippen LogP contribution is 2.38. The third-order valence-electron chi connectivity index (χ3n) is 3.72. The van der Waals surface area contributed by atoms with E-state index in [-0.39, 0.29) is 11.5 Å². The van der Waals surface area contributed by atoms with Gasteiger partial charge in [0.15, 0.2) is 11.5 Å². The van der Waals surface area contributed by atoms with Gasteiger partial charge in [0.2, 0.25) is 0 Å². The Balaban J connectivity index is 2.11. The maximum atomic E-state index is 11.5. The summed E-state index contributed by atoms with van der Waals surface area (Å²) in [7, 11) is 0. The van der Waals surface area contributed by atoms with E-state index < -0.39 is 23.1 Å². The first-order valence-corrected chi connectivity index (χ1v) is 8.05. The summed E-state index contributed by atoms with van der Waals surface area (Å²) in [5, 5.41) is 18.7. The highest BCUT2D eigenvalue weighted by molar-refractivity contribution is 6.02. The molecule has 8 nitrogen and oxygen atoms in total. The minimum atomic E-state index is -1.41. The quantitative estimate of drug-likeness (QED) is 0.472. The smallest absolute Gasteiger partial charge is 0.336 e. The van der Waals surface area contributed by atoms with Gasteiger partial charge in [-0.15, -0.1) is 0 Å². The SMILES string of the molecule is Nc1cccc(Oc2cc(C(=O)O)c(C(=O)O)cc2Oc2cccc(N)c2)c1. The van der Waals surface area contributed by atoms with Crippen molar-refractivity contribution >= 4 is 23.3 Å². The summed E-state index contributed by atoms with van der Waals surface area (Å²) in [6.07, 6.45) is 0. The summed E-state index contributed by atoms with van der Waals surface area (Å²) in [6, 6.07) is 15.1. The average molecular weight is 380 g/mol. The Morgan fingerprint density at radius 3 is 1.39 bits per heavy atom. The fourth-order valence-corrected chi connectivity index (χ4v) is 2.48. The number of anilines is 2. The van der Waals surface area contributed by atoms with Crippen molar-refractivity contribution in [3.05, 3.63) is 71.8 Å². The highest BCUT2D eigenvalue weighted by atomic mass is 16.5. The Morgan fingerprint density at radius 2 is 1.07 bits per heavy atom. The molecule has 0 unspecified atom stereocenters. The van der Waals surface area contributed by atoms with Crippen LogP contribution in [-0.2, 0) is 0 Å². The normalized spacial score (nSPS) is 10.3. The van der Waals surface area contributed by atoms with Crippen molar-refractivity contribution in [2.75, 3.05) is 11.5 Å². The molecular formula is C20H16N2O6. The number of benzene rings is 3. The molecule has 0 fully saturated rings. The Kier molecular flexibility index (Phi) is 5.03. The van der Waals surface area contributed by atoms with Crippen LogP contribution in [0.4, 0.5) is 11.4 Å². The molecule has 8 heteroatoms. The predicted octanol–water partition coefficient (Wildman–Crippen LogP) is 3.83. The molecule has 0 aliphatic heterocycles. The standard InChI is InChI=1S/C20H16N2O6/c21-11-3-1-5-13(7-11)27-17-9-15(19(23)24)16(20(25)26)10-18(17)28-14-6-2-4-12(22)8-14/h1-10H,21-22H2,(H,23,24)(H,25,26). The molecule has 28 heavy (non-hydrogen) atoms. The first-order chi connectivity index (χ1) is 13.3. The van der Waals surface area contributed by atoms with Crippen LogP contribution in [0.1, 0.15) is 20.7 Å². The van der Waals surface area contributed by atoms with Crippen LogP contribution in [-0.4, -0.2) is 22.2 Å². The van der Waals surface area contributed by atoms with Crippen molar-refractivity contribution in [2.24, 2.45) is 0 Å². The first kappa shape index (κ1) is 18.6. The molecule has 0 heterocycles. The van der Waals surface area contributed by atoms with Crippen LogP contribution >= 0.6 is 0 Å². The highest BCUT2D eigenvalue weighted by Gasteiger charge is 2.22. The molecule has 0 amide bonds. The number of carbonyl (C=O) groups is 2. The molecule has 6 N–H and O–H groups in total. The van der Waals surface area contributed by atoms with Crippen molar-refractivity contribution in [3.63, 3.8) is 0 Å². The number of carboxylic acid groups (broad SMARTS) is 2. The summed E-state index contributed by atoms with van der Waals surface area (Å²) < 4.78 is 11.5. The second kappa shape index (κ2) is 7.58. The fourth-order valence-electron chi connectivity index (χ4n) is 2.48. The molecule has 0 saturated carbocycles. The average Bonchev–Trinajstić information content (AvgIpc) is 2.62. The Labute approximate surface area is 159 Å². The van der Waals surface area contributed by atoms with Gasteiger partial charge in [0.05, 0.1) is 11.1 Å². The van der Waals surface area contributed by atoms with Crippen LogP contribution in [0, 0.1) is 0 Å². The molecule has 0 aliphatic rings. The molecular weight excluding hydrogens is 364 g/mol. The molecule has 3 rings (SSSR count). The minimum absolute atomic E-state index is 0.00965. The van der Waals surface area contributed by atoms with Crippen molar-refractivity contribution in [1.82, 2.24) is 0 Å². The maximum Gasteiger partial charge on any atom is 0.336 e. The van der Waals surface area contributed by atoms with Crippen molar-refractivity contribution in [3.8, 4) is 23.0 Å². The molecule has 0 bridgehead atoms. The molecule has 0 aliphatic carbocycles. The van der Waals surface area contributed by atoms with Gasteiger partial charge in [0.25, 0.3) is 0 Å². The monoisotopic (exact) mass is 380 g/mol. The minimum Gasteiger partial charge on any atom is -0.478 e. The van der Waals surface area contributed by atoms with Gasteiger partial charge in [-0.2, -0.15) is 0 Å². The van der Waals surface area contributed by atoms with Gasteiger partial charge < -0.3 is 31.2 Å².